The summed E-state index contributed by atoms with van der Waals surface area (Å²) >= 11 is 1.41. The molecule has 1 saturated heterocycles. The average molecular weight is 390 g/mol. The molecule has 144 valence electrons. The van der Waals surface area contributed by atoms with E-state index < -0.39 is 11.4 Å². The van der Waals surface area contributed by atoms with Crippen LogP contribution in [-0.2, 0) is 20.1 Å². The van der Waals surface area contributed by atoms with Gasteiger partial charge in [0.15, 0.2) is 0 Å². The minimum absolute atomic E-state index is 0.132. The van der Waals surface area contributed by atoms with E-state index in [4.69, 9.17) is 9.15 Å². The number of nitrogens with one attached hydrogen (secondary N) is 1. The maximum absolute atomic E-state index is 12.1. The summed E-state index contributed by atoms with van der Waals surface area (Å²) in [5.41, 5.74) is 0.745. The Labute approximate surface area is 161 Å². The third-order valence-corrected chi connectivity index (χ3v) is 5.55. The number of nitrogens with zero attached hydrogens (tertiary/aromatic N) is 1. The van der Waals surface area contributed by atoms with Gasteiger partial charge in [-0.1, -0.05) is 18.2 Å². The molecule has 2 aromatic rings. The molecule has 2 heterocycles. The van der Waals surface area contributed by atoms with Crippen LogP contribution in [0.15, 0.2) is 41.0 Å². The number of carboxylic acid groups (broad SMARTS) is 1. The first-order chi connectivity index (χ1) is 13.1. The number of carbonyl (C=O) groups is 2. The number of carbonyl (C=O) groups excluding carboxylic acids is 1. The van der Waals surface area contributed by atoms with Crippen LogP contribution >= 0.6 is 11.8 Å². The van der Waals surface area contributed by atoms with Crippen molar-refractivity contribution < 1.29 is 23.8 Å². The lowest BCUT2D eigenvalue weighted by atomic mass is 9.80. The molecule has 1 fully saturated rings. The number of amides is 1. The van der Waals surface area contributed by atoms with E-state index in [-0.39, 0.29) is 18.2 Å². The van der Waals surface area contributed by atoms with Crippen molar-refractivity contribution >= 4 is 23.6 Å². The lowest BCUT2D eigenvalue weighted by Gasteiger charge is -2.33. The third kappa shape index (κ3) is 5.11. The van der Waals surface area contributed by atoms with Gasteiger partial charge < -0.3 is 19.6 Å². The molecule has 1 aromatic carbocycles. The summed E-state index contributed by atoms with van der Waals surface area (Å²) < 4.78 is 10.7. The number of aromatic nitrogens is 1. The molecule has 27 heavy (non-hydrogen) atoms. The zero-order valence-electron chi connectivity index (χ0n) is 14.8. The molecule has 1 aromatic heterocycles. The van der Waals surface area contributed by atoms with Crippen LogP contribution in [0.4, 0.5) is 0 Å². The molecule has 1 aliphatic rings. The number of aliphatic carboxylic acids is 1. The molecule has 0 atom stereocenters. The maximum atomic E-state index is 12.1. The van der Waals surface area contributed by atoms with Crippen LogP contribution in [0, 0.1) is 5.41 Å². The van der Waals surface area contributed by atoms with E-state index in [1.807, 2.05) is 30.3 Å². The Morgan fingerprint density at radius 1 is 1.22 bits per heavy atom. The van der Waals surface area contributed by atoms with Crippen molar-refractivity contribution in [3.63, 3.8) is 0 Å². The van der Waals surface area contributed by atoms with Gasteiger partial charge >= 0.3 is 5.97 Å². The van der Waals surface area contributed by atoms with Gasteiger partial charge in [0.2, 0.25) is 11.8 Å². The smallest absolute Gasteiger partial charge is 0.311 e. The van der Waals surface area contributed by atoms with E-state index in [1.54, 1.807) is 6.26 Å². The van der Waals surface area contributed by atoms with Crippen molar-refractivity contribution in [2.75, 3.05) is 25.5 Å². The first kappa shape index (κ1) is 19.4. The second-order valence-electron chi connectivity index (χ2n) is 6.48. The van der Waals surface area contributed by atoms with E-state index in [2.05, 4.69) is 10.3 Å². The molecule has 2 N–H and O–H groups in total. The third-order valence-electron chi connectivity index (χ3n) is 4.58. The van der Waals surface area contributed by atoms with Gasteiger partial charge in [-0.25, -0.2) is 4.98 Å². The minimum atomic E-state index is -0.921. The molecule has 8 heteroatoms. The van der Waals surface area contributed by atoms with Crippen LogP contribution in [-0.4, -0.2) is 47.5 Å². The van der Waals surface area contributed by atoms with Crippen molar-refractivity contribution in [2.45, 2.75) is 18.6 Å². The van der Waals surface area contributed by atoms with Crippen LogP contribution in [0.1, 0.15) is 18.5 Å². The van der Waals surface area contributed by atoms with Crippen LogP contribution in [0.5, 0.6) is 0 Å². The number of rotatable bonds is 8. The molecule has 0 spiro atoms. The van der Waals surface area contributed by atoms with E-state index in [0.717, 1.165) is 11.3 Å². The van der Waals surface area contributed by atoms with Crippen LogP contribution in [0.3, 0.4) is 0 Å². The highest BCUT2D eigenvalue weighted by atomic mass is 32.2. The predicted octanol–water partition coefficient (Wildman–Crippen LogP) is 2.57. The summed E-state index contributed by atoms with van der Waals surface area (Å²) in [6, 6.07) is 9.60. The van der Waals surface area contributed by atoms with Gasteiger partial charge in [0.25, 0.3) is 0 Å². The van der Waals surface area contributed by atoms with Gasteiger partial charge in [0.05, 0.1) is 16.9 Å². The summed E-state index contributed by atoms with van der Waals surface area (Å²) in [6.07, 6.45) is 2.42. The van der Waals surface area contributed by atoms with Gasteiger partial charge in [-0.3, -0.25) is 9.59 Å². The Kier molecular flexibility index (Phi) is 6.52. The SMILES string of the molecule is O=C(CSCc1coc(-c2ccccc2)n1)NCC1(C(=O)O)CCOCC1. The van der Waals surface area contributed by atoms with Crippen molar-refractivity contribution in [2.24, 2.45) is 5.41 Å². The fourth-order valence-corrected chi connectivity index (χ4v) is 3.61. The monoisotopic (exact) mass is 390 g/mol. The highest BCUT2D eigenvalue weighted by molar-refractivity contribution is 7.99. The zero-order valence-corrected chi connectivity index (χ0v) is 15.7. The molecule has 1 aliphatic heterocycles. The standard InChI is InChI=1S/C19H22N2O5S/c22-16(20-13-19(18(23)24)6-8-25-9-7-19)12-27-11-15-10-26-17(21-15)14-4-2-1-3-5-14/h1-5,10H,6-9,11-13H2,(H,20,22)(H,23,24). The molecule has 0 saturated carbocycles. The van der Waals surface area contributed by atoms with Gasteiger partial charge in [-0.05, 0) is 25.0 Å². The van der Waals surface area contributed by atoms with Crippen molar-refractivity contribution in [3.8, 4) is 11.5 Å². The topological polar surface area (TPSA) is 102 Å². The molecule has 0 radical (unpaired) electrons. The fourth-order valence-electron chi connectivity index (χ4n) is 2.88. The van der Waals surface area contributed by atoms with E-state index in [0.29, 0.717) is 37.7 Å². The first-order valence-electron chi connectivity index (χ1n) is 8.74. The largest absolute Gasteiger partial charge is 0.481 e. The Bertz CT molecular complexity index is 771. The molecule has 0 unspecified atom stereocenters. The van der Waals surface area contributed by atoms with Gasteiger partial charge in [-0.15, -0.1) is 11.8 Å². The normalized spacial score (nSPS) is 16.0. The lowest BCUT2D eigenvalue weighted by molar-refractivity contribution is -0.154. The van der Waals surface area contributed by atoms with Crippen LogP contribution < -0.4 is 5.32 Å². The van der Waals surface area contributed by atoms with E-state index >= 15 is 0 Å². The van der Waals surface area contributed by atoms with Crippen molar-refractivity contribution in [1.29, 1.82) is 0 Å². The number of carboxylic acids is 1. The number of hydrogen-bond donors (Lipinski definition) is 2. The Morgan fingerprint density at radius 3 is 2.67 bits per heavy atom. The summed E-state index contributed by atoms with van der Waals surface area (Å²) in [5, 5.41) is 12.2. The quantitative estimate of drug-likeness (QED) is 0.714. The minimum Gasteiger partial charge on any atom is -0.481 e. The Balaban J connectivity index is 1.43. The summed E-state index contributed by atoms with van der Waals surface area (Å²) in [4.78, 5) is 28.1. The molecule has 0 bridgehead atoms. The van der Waals surface area contributed by atoms with Gasteiger partial charge in [-0.2, -0.15) is 0 Å². The maximum Gasteiger partial charge on any atom is 0.311 e. The highest BCUT2D eigenvalue weighted by Crippen LogP contribution is 2.30. The highest BCUT2D eigenvalue weighted by Gasteiger charge is 2.40. The van der Waals surface area contributed by atoms with E-state index in [9.17, 15) is 14.7 Å². The summed E-state index contributed by atoms with van der Waals surface area (Å²) in [7, 11) is 0. The number of ether oxygens (including phenoxy) is 1. The number of benzene rings is 1. The van der Waals surface area contributed by atoms with Crippen LogP contribution in [0.2, 0.25) is 0 Å². The molecule has 3 rings (SSSR count). The van der Waals surface area contributed by atoms with E-state index in [1.165, 1.54) is 11.8 Å². The molecule has 7 nitrogen and oxygen atoms in total. The fraction of sp³-hybridized carbons (Fsp3) is 0.421. The van der Waals surface area contributed by atoms with Crippen molar-refractivity contribution in [3.05, 3.63) is 42.3 Å². The lowest BCUT2D eigenvalue weighted by Crippen LogP contribution is -2.46. The molecule has 0 aliphatic carbocycles. The molecular weight excluding hydrogens is 368 g/mol. The number of oxazole rings is 1. The second-order valence-corrected chi connectivity index (χ2v) is 7.46. The zero-order chi connectivity index (χ0) is 19.1. The molecular formula is C19H22N2O5S. The first-order valence-corrected chi connectivity index (χ1v) is 9.90. The van der Waals surface area contributed by atoms with Gasteiger partial charge in [0.1, 0.15) is 6.26 Å². The van der Waals surface area contributed by atoms with Crippen molar-refractivity contribution in [1.82, 2.24) is 10.3 Å². The van der Waals surface area contributed by atoms with Crippen LogP contribution in [0.25, 0.3) is 11.5 Å². The predicted molar refractivity (Wildman–Crippen MR) is 101 cm³/mol. The summed E-state index contributed by atoms with van der Waals surface area (Å²) in [5.74, 6) is 0.272. The summed E-state index contributed by atoms with van der Waals surface area (Å²) in [6.45, 7) is 0.951. The number of thioether (sulfide) groups is 1. The Morgan fingerprint density at radius 2 is 1.96 bits per heavy atom. The Hall–Kier alpha value is -2.32. The molecule has 1 amide bonds. The van der Waals surface area contributed by atoms with Gasteiger partial charge in [0, 0.05) is 31.1 Å². The second kappa shape index (κ2) is 9.05. The number of hydrogen-bond acceptors (Lipinski definition) is 6. The average Bonchev–Trinajstić information content (AvgIpc) is 3.17.